The largest absolute Gasteiger partial charge is 0.143 e. The Labute approximate surface area is 67.8 Å². The lowest BCUT2D eigenvalue weighted by Gasteiger charge is -1.84. The van der Waals surface area contributed by atoms with Crippen LogP contribution in [0, 0.1) is 0 Å². The molecule has 0 saturated carbocycles. The molecule has 2 heteroatoms. The molecule has 0 aliphatic rings. The summed E-state index contributed by atoms with van der Waals surface area (Å²) in [6, 6.07) is 8.46. The van der Waals surface area contributed by atoms with Crippen molar-refractivity contribution in [2.75, 3.05) is 0 Å². The molecule has 0 unspecified atom stereocenters. The van der Waals surface area contributed by atoms with Gasteiger partial charge in [0.25, 0.3) is 0 Å². The van der Waals surface area contributed by atoms with E-state index in [0.29, 0.717) is 0 Å². The van der Waals surface area contributed by atoms with Crippen LogP contribution in [0.2, 0.25) is 0 Å². The molecule has 0 aromatic carbocycles. The van der Waals surface area contributed by atoms with Gasteiger partial charge in [0, 0.05) is 9.75 Å². The number of hydrogen-bond acceptors (Lipinski definition) is 2. The van der Waals surface area contributed by atoms with Crippen LogP contribution in [0.25, 0.3) is 9.75 Å². The van der Waals surface area contributed by atoms with Crippen molar-refractivity contribution in [1.29, 1.82) is 0 Å². The number of hydrogen-bond donors (Lipinski definition) is 0. The monoisotopic (exact) mass is 166 g/mol. The molecule has 0 saturated heterocycles. The van der Waals surface area contributed by atoms with Gasteiger partial charge in [-0.15, -0.1) is 22.7 Å². The van der Waals surface area contributed by atoms with E-state index in [1.54, 1.807) is 22.7 Å². The quantitative estimate of drug-likeness (QED) is 0.608. The van der Waals surface area contributed by atoms with Gasteiger partial charge in [0.2, 0.25) is 0 Å². The Hall–Kier alpha value is -0.600. The molecule has 2 heterocycles. The highest BCUT2D eigenvalue weighted by atomic mass is 32.1. The van der Waals surface area contributed by atoms with Gasteiger partial charge in [0.05, 0.1) is 0 Å². The topological polar surface area (TPSA) is 0 Å². The Morgan fingerprint density at radius 2 is 1.30 bits per heavy atom. The first-order valence-corrected chi connectivity index (χ1v) is 4.80. The van der Waals surface area contributed by atoms with Crippen molar-refractivity contribution >= 4 is 22.7 Å². The van der Waals surface area contributed by atoms with Gasteiger partial charge in [-0.1, -0.05) is 12.1 Å². The van der Waals surface area contributed by atoms with E-state index in [0.717, 1.165) is 0 Å². The van der Waals surface area contributed by atoms with Crippen LogP contribution in [-0.2, 0) is 0 Å². The summed E-state index contributed by atoms with van der Waals surface area (Å²) >= 11 is 3.58. The summed E-state index contributed by atoms with van der Waals surface area (Å²) < 4.78 is 0. The lowest BCUT2D eigenvalue weighted by molar-refractivity contribution is 1.93. The molecule has 0 aliphatic carbocycles. The first kappa shape index (κ1) is 6.13. The molecular formula is C8H6S2. The summed E-state index contributed by atoms with van der Waals surface area (Å²) in [5, 5.41) is 4.21. The standard InChI is InChI=1S/C8H6S2/c1-3-7(9-5-1)8-4-2-6-10-8/h1-6H. The first-order chi connectivity index (χ1) is 4.97. The molecule has 2 aromatic heterocycles. The minimum atomic E-state index is 1.37. The van der Waals surface area contributed by atoms with Crippen molar-refractivity contribution in [2.24, 2.45) is 0 Å². The number of rotatable bonds is 1. The van der Waals surface area contributed by atoms with E-state index in [2.05, 4.69) is 35.0 Å². The van der Waals surface area contributed by atoms with Gasteiger partial charge in [0.15, 0.2) is 0 Å². The zero-order valence-electron chi connectivity index (χ0n) is 5.28. The summed E-state index contributed by atoms with van der Waals surface area (Å²) in [5.74, 6) is 0. The smallest absolute Gasteiger partial charge is 0.0442 e. The fraction of sp³-hybridized carbons (Fsp3) is 0. The van der Waals surface area contributed by atoms with Gasteiger partial charge in [-0.05, 0) is 22.9 Å². The second-order valence-corrected chi connectivity index (χ2v) is 3.85. The van der Waals surface area contributed by atoms with Crippen LogP contribution in [0.1, 0.15) is 0 Å². The molecule has 0 N–H and O–H groups in total. The second kappa shape index (κ2) is 2.56. The van der Waals surface area contributed by atoms with Gasteiger partial charge in [-0.3, -0.25) is 0 Å². The van der Waals surface area contributed by atoms with Crippen LogP contribution in [0.5, 0.6) is 0 Å². The predicted molar refractivity (Wildman–Crippen MR) is 47.6 cm³/mol. The SMILES string of the molecule is c1csc(-c2cccs2)c1. The zero-order valence-corrected chi connectivity index (χ0v) is 6.91. The average molecular weight is 166 g/mol. The third kappa shape index (κ3) is 1.00. The molecule has 0 radical (unpaired) electrons. The fourth-order valence-electron chi connectivity index (χ4n) is 0.838. The maximum Gasteiger partial charge on any atom is 0.0442 e. The Morgan fingerprint density at radius 1 is 0.800 bits per heavy atom. The Balaban J connectivity index is 2.48. The molecule has 50 valence electrons. The van der Waals surface area contributed by atoms with E-state index in [1.807, 2.05) is 0 Å². The third-order valence-corrected chi connectivity index (χ3v) is 3.22. The Bertz CT molecular complexity index is 247. The summed E-state index contributed by atoms with van der Waals surface area (Å²) in [4.78, 5) is 2.74. The highest BCUT2D eigenvalue weighted by Crippen LogP contribution is 2.28. The molecule has 0 amide bonds. The van der Waals surface area contributed by atoms with Crippen LogP contribution in [0.4, 0.5) is 0 Å². The van der Waals surface area contributed by atoms with Gasteiger partial charge < -0.3 is 0 Å². The minimum absolute atomic E-state index is 1.37. The van der Waals surface area contributed by atoms with Crippen molar-refractivity contribution < 1.29 is 0 Å². The fourth-order valence-corrected chi connectivity index (χ4v) is 2.42. The maximum atomic E-state index is 2.15. The zero-order chi connectivity index (χ0) is 6.81. The summed E-state index contributed by atoms with van der Waals surface area (Å²) in [6.07, 6.45) is 0. The summed E-state index contributed by atoms with van der Waals surface area (Å²) in [5.41, 5.74) is 0. The van der Waals surface area contributed by atoms with Gasteiger partial charge in [-0.2, -0.15) is 0 Å². The first-order valence-electron chi connectivity index (χ1n) is 3.04. The lowest BCUT2D eigenvalue weighted by atomic mass is 10.4. The average Bonchev–Trinajstić information content (AvgIpc) is 2.59. The molecule has 0 fully saturated rings. The van der Waals surface area contributed by atoms with Gasteiger partial charge in [0.1, 0.15) is 0 Å². The van der Waals surface area contributed by atoms with Crippen LogP contribution in [0.15, 0.2) is 35.0 Å². The second-order valence-electron chi connectivity index (χ2n) is 1.95. The van der Waals surface area contributed by atoms with Crippen molar-refractivity contribution in [3.05, 3.63) is 35.0 Å². The number of thiophene rings is 2. The van der Waals surface area contributed by atoms with Gasteiger partial charge >= 0.3 is 0 Å². The van der Waals surface area contributed by atoms with Crippen molar-refractivity contribution in [3.8, 4) is 9.75 Å². The molecule has 0 spiro atoms. The molecule has 0 nitrogen and oxygen atoms in total. The van der Waals surface area contributed by atoms with Crippen LogP contribution in [0.3, 0.4) is 0 Å². The summed E-state index contributed by atoms with van der Waals surface area (Å²) in [7, 11) is 0. The molecule has 0 atom stereocenters. The van der Waals surface area contributed by atoms with E-state index in [9.17, 15) is 0 Å². The van der Waals surface area contributed by atoms with Crippen molar-refractivity contribution in [1.82, 2.24) is 0 Å². The van der Waals surface area contributed by atoms with Crippen LogP contribution in [-0.4, -0.2) is 0 Å². The van der Waals surface area contributed by atoms with E-state index < -0.39 is 0 Å². The van der Waals surface area contributed by atoms with E-state index in [1.165, 1.54) is 9.75 Å². The van der Waals surface area contributed by atoms with Crippen LogP contribution >= 0.6 is 22.7 Å². The van der Waals surface area contributed by atoms with E-state index >= 15 is 0 Å². The molecule has 0 aliphatic heterocycles. The molecule has 10 heavy (non-hydrogen) atoms. The normalized spacial score (nSPS) is 10.0. The van der Waals surface area contributed by atoms with Crippen molar-refractivity contribution in [2.45, 2.75) is 0 Å². The van der Waals surface area contributed by atoms with E-state index in [4.69, 9.17) is 0 Å². The highest BCUT2D eigenvalue weighted by Gasteiger charge is 1.96. The Morgan fingerprint density at radius 3 is 1.60 bits per heavy atom. The Kier molecular flexibility index (Phi) is 1.57. The highest BCUT2D eigenvalue weighted by molar-refractivity contribution is 7.20. The third-order valence-electron chi connectivity index (χ3n) is 1.29. The molecule has 0 bridgehead atoms. The maximum absolute atomic E-state index is 2.15. The predicted octanol–water partition coefficient (Wildman–Crippen LogP) is 3.48. The van der Waals surface area contributed by atoms with Crippen LogP contribution < -0.4 is 0 Å². The van der Waals surface area contributed by atoms with E-state index in [-0.39, 0.29) is 0 Å². The minimum Gasteiger partial charge on any atom is -0.143 e. The summed E-state index contributed by atoms with van der Waals surface area (Å²) in [6.45, 7) is 0. The lowest BCUT2D eigenvalue weighted by Crippen LogP contribution is -1.55. The molecule has 2 rings (SSSR count). The molecule has 2 aromatic rings. The van der Waals surface area contributed by atoms with Gasteiger partial charge in [-0.25, -0.2) is 0 Å². The molecular weight excluding hydrogens is 160 g/mol. The van der Waals surface area contributed by atoms with Crippen molar-refractivity contribution in [3.63, 3.8) is 0 Å².